The fourth-order valence-electron chi connectivity index (χ4n) is 4.40. The largest absolute Gasteiger partial charge is 0.480 e. The third-order valence-corrected chi connectivity index (χ3v) is 7.29. The SMILES string of the molecule is O=C(NC(COCc1ccccc1)C(=O)O)C(=Cc1ccc(Br)cc1)NC(=O)C1CCN(c2nccc(C(F)(F)F)n2)CC1. The highest BCUT2D eigenvalue weighted by Crippen LogP contribution is 2.29. The molecule has 1 fully saturated rings. The maximum Gasteiger partial charge on any atom is 0.433 e. The van der Waals surface area contributed by atoms with Crippen LogP contribution in [0.1, 0.15) is 29.7 Å². The number of piperidine rings is 1. The van der Waals surface area contributed by atoms with Crippen molar-refractivity contribution in [3.8, 4) is 0 Å². The standard InChI is InChI=1S/C30H29BrF3N5O5/c31-22-8-6-19(7-9-22)16-23(27(41)37-24(28(42)43)18-44-17-20-4-2-1-3-5-20)36-26(40)21-11-14-39(15-12-21)29-35-13-10-25(38-29)30(32,33)34/h1-10,13,16,21,24H,11-12,14-15,17-18H2,(H,36,40)(H,37,41)(H,42,43). The molecule has 14 heteroatoms. The van der Waals surface area contributed by atoms with Gasteiger partial charge in [0.15, 0.2) is 6.04 Å². The summed E-state index contributed by atoms with van der Waals surface area (Å²) >= 11 is 3.34. The molecule has 2 aromatic carbocycles. The number of carboxylic acid groups (broad SMARTS) is 1. The first-order valence-corrected chi connectivity index (χ1v) is 14.4. The van der Waals surface area contributed by atoms with E-state index < -0.39 is 41.6 Å². The number of ether oxygens (including phenoxy) is 1. The fourth-order valence-corrected chi connectivity index (χ4v) is 4.66. The molecule has 0 aliphatic carbocycles. The molecular weight excluding hydrogens is 647 g/mol. The van der Waals surface area contributed by atoms with Gasteiger partial charge in [0.05, 0.1) is 13.2 Å². The molecule has 0 radical (unpaired) electrons. The van der Waals surface area contributed by atoms with E-state index in [0.717, 1.165) is 22.3 Å². The number of amides is 2. The first kappa shape index (κ1) is 32.6. The first-order valence-electron chi connectivity index (χ1n) is 13.6. The Kier molecular flexibility index (Phi) is 11.1. The van der Waals surface area contributed by atoms with Gasteiger partial charge in [0, 0.05) is 29.7 Å². The Morgan fingerprint density at radius 1 is 1.07 bits per heavy atom. The van der Waals surface area contributed by atoms with Gasteiger partial charge in [-0.05, 0) is 48.2 Å². The average molecular weight is 676 g/mol. The van der Waals surface area contributed by atoms with Crippen LogP contribution in [0.3, 0.4) is 0 Å². The molecule has 1 unspecified atom stereocenters. The molecule has 44 heavy (non-hydrogen) atoms. The molecule has 0 bridgehead atoms. The second-order valence-electron chi connectivity index (χ2n) is 9.96. The minimum Gasteiger partial charge on any atom is -0.480 e. The van der Waals surface area contributed by atoms with Crippen LogP contribution in [0.2, 0.25) is 0 Å². The Balaban J connectivity index is 1.42. The number of aliphatic carboxylic acids is 1. The zero-order valence-corrected chi connectivity index (χ0v) is 24.8. The molecule has 1 aromatic heterocycles. The predicted molar refractivity (Wildman–Crippen MR) is 158 cm³/mol. The summed E-state index contributed by atoms with van der Waals surface area (Å²) in [5.41, 5.74) is 0.176. The topological polar surface area (TPSA) is 134 Å². The van der Waals surface area contributed by atoms with Crippen molar-refractivity contribution in [2.45, 2.75) is 31.7 Å². The van der Waals surface area contributed by atoms with E-state index in [2.05, 4.69) is 36.5 Å². The third-order valence-electron chi connectivity index (χ3n) is 6.76. The minimum absolute atomic E-state index is 0.0805. The van der Waals surface area contributed by atoms with Crippen LogP contribution >= 0.6 is 15.9 Å². The third kappa shape index (κ3) is 9.35. The second kappa shape index (κ2) is 14.9. The summed E-state index contributed by atoms with van der Waals surface area (Å²) in [5.74, 6) is -3.28. The summed E-state index contributed by atoms with van der Waals surface area (Å²) in [6, 6.07) is 15.4. The minimum atomic E-state index is -4.61. The van der Waals surface area contributed by atoms with Crippen LogP contribution < -0.4 is 15.5 Å². The number of alkyl halides is 3. The number of nitrogens with one attached hydrogen (secondary N) is 2. The van der Waals surface area contributed by atoms with E-state index in [1.165, 1.54) is 6.08 Å². The maximum absolute atomic E-state index is 13.3. The van der Waals surface area contributed by atoms with E-state index in [1.54, 1.807) is 29.2 Å². The van der Waals surface area contributed by atoms with Gasteiger partial charge in [0.2, 0.25) is 11.9 Å². The number of nitrogens with zero attached hydrogens (tertiary/aromatic N) is 3. The van der Waals surface area contributed by atoms with Crippen molar-refractivity contribution in [2.75, 3.05) is 24.6 Å². The van der Waals surface area contributed by atoms with Crippen LogP contribution in [0.25, 0.3) is 6.08 Å². The molecule has 4 rings (SSSR count). The van der Waals surface area contributed by atoms with Crippen LogP contribution in [-0.4, -0.2) is 58.6 Å². The average Bonchev–Trinajstić information content (AvgIpc) is 3.01. The molecule has 2 heterocycles. The van der Waals surface area contributed by atoms with Crippen LogP contribution in [-0.2, 0) is 31.9 Å². The molecular formula is C30H29BrF3N5O5. The van der Waals surface area contributed by atoms with Crippen molar-refractivity contribution < 1.29 is 37.4 Å². The van der Waals surface area contributed by atoms with Crippen molar-refractivity contribution in [2.24, 2.45) is 5.92 Å². The van der Waals surface area contributed by atoms with Gasteiger partial charge in [0.25, 0.3) is 5.91 Å². The quantitative estimate of drug-likeness (QED) is 0.255. The Labute approximate surface area is 259 Å². The van der Waals surface area contributed by atoms with Crippen molar-refractivity contribution in [3.05, 3.63) is 93.9 Å². The Hall–Kier alpha value is -4.30. The van der Waals surface area contributed by atoms with E-state index in [1.807, 2.05) is 30.3 Å². The van der Waals surface area contributed by atoms with Crippen LogP contribution in [0.15, 0.2) is 77.0 Å². The smallest absolute Gasteiger partial charge is 0.433 e. The lowest BCUT2D eigenvalue weighted by Gasteiger charge is -2.31. The van der Waals surface area contributed by atoms with Crippen LogP contribution in [0, 0.1) is 5.92 Å². The first-order chi connectivity index (χ1) is 21.0. The lowest BCUT2D eigenvalue weighted by atomic mass is 9.96. The van der Waals surface area contributed by atoms with E-state index >= 15 is 0 Å². The zero-order valence-electron chi connectivity index (χ0n) is 23.3. The molecule has 1 atom stereocenters. The summed E-state index contributed by atoms with van der Waals surface area (Å²) in [4.78, 5) is 47.6. The van der Waals surface area contributed by atoms with Gasteiger partial charge in [-0.1, -0.05) is 58.4 Å². The number of halogens is 4. The number of carboxylic acids is 1. The highest BCUT2D eigenvalue weighted by atomic mass is 79.9. The van der Waals surface area contributed by atoms with Gasteiger partial charge in [0.1, 0.15) is 11.4 Å². The van der Waals surface area contributed by atoms with Crippen molar-refractivity contribution in [3.63, 3.8) is 0 Å². The monoisotopic (exact) mass is 675 g/mol. The Morgan fingerprint density at radius 2 is 1.75 bits per heavy atom. The van der Waals surface area contributed by atoms with Crippen LogP contribution in [0.4, 0.5) is 19.1 Å². The highest BCUT2D eigenvalue weighted by Gasteiger charge is 2.34. The second-order valence-corrected chi connectivity index (χ2v) is 10.9. The molecule has 0 spiro atoms. The van der Waals surface area contributed by atoms with Gasteiger partial charge >= 0.3 is 12.1 Å². The Morgan fingerprint density at radius 3 is 2.39 bits per heavy atom. The molecule has 1 aliphatic rings. The van der Waals surface area contributed by atoms with Crippen molar-refractivity contribution in [1.82, 2.24) is 20.6 Å². The molecule has 232 valence electrons. The summed E-state index contributed by atoms with van der Waals surface area (Å²) in [7, 11) is 0. The number of rotatable bonds is 11. The number of hydrogen-bond donors (Lipinski definition) is 3. The van der Waals surface area contributed by atoms with E-state index in [9.17, 15) is 32.7 Å². The van der Waals surface area contributed by atoms with Gasteiger partial charge < -0.3 is 25.4 Å². The van der Waals surface area contributed by atoms with E-state index in [0.29, 0.717) is 5.56 Å². The molecule has 3 N–H and O–H groups in total. The molecule has 0 saturated carbocycles. The molecule has 2 amide bonds. The highest BCUT2D eigenvalue weighted by molar-refractivity contribution is 9.10. The summed E-state index contributed by atoms with van der Waals surface area (Å²) in [5, 5.41) is 14.7. The fraction of sp³-hybridized carbons (Fsp3) is 0.300. The van der Waals surface area contributed by atoms with E-state index in [4.69, 9.17) is 4.74 Å². The number of hydrogen-bond acceptors (Lipinski definition) is 7. The summed E-state index contributed by atoms with van der Waals surface area (Å²) < 4.78 is 45.6. The molecule has 1 saturated heterocycles. The number of benzene rings is 2. The van der Waals surface area contributed by atoms with Crippen molar-refractivity contribution >= 4 is 45.7 Å². The number of aromatic nitrogens is 2. The Bertz CT molecular complexity index is 1480. The number of carbonyl (C=O) groups excluding carboxylic acids is 2. The van der Waals surface area contributed by atoms with Gasteiger partial charge in [-0.15, -0.1) is 0 Å². The maximum atomic E-state index is 13.3. The molecule has 1 aliphatic heterocycles. The van der Waals surface area contributed by atoms with Crippen LogP contribution in [0.5, 0.6) is 0 Å². The number of carbonyl (C=O) groups is 3. The lowest BCUT2D eigenvalue weighted by Crippen LogP contribution is -2.48. The van der Waals surface area contributed by atoms with E-state index in [-0.39, 0.29) is 50.8 Å². The van der Waals surface area contributed by atoms with Gasteiger partial charge in [-0.25, -0.2) is 14.8 Å². The lowest BCUT2D eigenvalue weighted by molar-refractivity contribution is -0.143. The predicted octanol–water partition coefficient (Wildman–Crippen LogP) is 4.42. The number of anilines is 1. The summed E-state index contributed by atoms with van der Waals surface area (Å²) in [6.07, 6.45) is -1.61. The van der Waals surface area contributed by atoms with Crippen molar-refractivity contribution in [1.29, 1.82) is 0 Å². The molecule has 3 aromatic rings. The normalized spacial score (nSPS) is 15.0. The zero-order chi connectivity index (χ0) is 31.7. The molecule has 10 nitrogen and oxygen atoms in total. The van der Waals surface area contributed by atoms with Gasteiger partial charge in [-0.2, -0.15) is 13.2 Å². The van der Waals surface area contributed by atoms with Gasteiger partial charge in [-0.3, -0.25) is 9.59 Å². The summed E-state index contributed by atoms with van der Waals surface area (Å²) in [6.45, 7) is 0.267.